The number of esters is 1. The van der Waals surface area contributed by atoms with Crippen molar-refractivity contribution >= 4 is 12.1 Å². The van der Waals surface area contributed by atoms with Gasteiger partial charge < -0.3 is 19.5 Å². The van der Waals surface area contributed by atoms with Gasteiger partial charge in [-0.15, -0.1) is 0 Å². The Hall–Kier alpha value is -2.50. The maximum absolute atomic E-state index is 11.5. The smallest absolute Gasteiger partial charge is 0.407 e. The number of nitrogens with zero attached hydrogens (tertiary/aromatic N) is 1. The van der Waals surface area contributed by atoms with Crippen LogP contribution in [-0.2, 0) is 16.0 Å². The molecule has 1 N–H and O–H groups in total. The monoisotopic (exact) mass is 333 g/mol. The standard InChI is InChI=1S/C18H23NO5/c1-2-12-23-17(20)7-6-14-4-3-5-16(13-14)24-15-8-10-19(11-9-15)18(21)22/h2-5,13,15H,1,6-12H2,(H,21,22). The first-order valence-electron chi connectivity index (χ1n) is 8.08. The van der Waals surface area contributed by atoms with E-state index in [1.54, 1.807) is 6.08 Å². The van der Waals surface area contributed by atoms with Crippen molar-refractivity contribution in [3.63, 3.8) is 0 Å². The first kappa shape index (κ1) is 17.8. The number of rotatable bonds is 7. The Morgan fingerprint density at radius 3 is 2.75 bits per heavy atom. The van der Waals surface area contributed by atoms with E-state index in [9.17, 15) is 9.59 Å². The molecule has 6 nitrogen and oxygen atoms in total. The number of carbonyl (C=O) groups excluding carboxylic acids is 1. The van der Waals surface area contributed by atoms with Gasteiger partial charge in [-0.1, -0.05) is 24.8 Å². The second-order valence-corrected chi connectivity index (χ2v) is 5.71. The molecule has 0 atom stereocenters. The van der Waals surface area contributed by atoms with Crippen LogP contribution in [0.25, 0.3) is 0 Å². The molecule has 130 valence electrons. The number of hydrogen-bond acceptors (Lipinski definition) is 4. The van der Waals surface area contributed by atoms with Crippen LogP contribution in [0.1, 0.15) is 24.8 Å². The number of benzene rings is 1. The highest BCUT2D eigenvalue weighted by Crippen LogP contribution is 2.21. The van der Waals surface area contributed by atoms with Crippen molar-refractivity contribution in [3.8, 4) is 5.75 Å². The molecular formula is C18H23NO5. The van der Waals surface area contributed by atoms with Crippen LogP contribution in [0.4, 0.5) is 4.79 Å². The summed E-state index contributed by atoms with van der Waals surface area (Å²) in [5.74, 6) is 0.503. The second-order valence-electron chi connectivity index (χ2n) is 5.71. The van der Waals surface area contributed by atoms with Crippen LogP contribution < -0.4 is 4.74 Å². The van der Waals surface area contributed by atoms with Gasteiger partial charge in [0.15, 0.2) is 0 Å². The van der Waals surface area contributed by atoms with E-state index in [1.165, 1.54) is 4.90 Å². The molecule has 0 aliphatic carbocycles. The van der Waals surface area contributed by atoms with E-state index in [1.807, 2.05) is 24.3 Å². The van der Waals surface area contributed by atoms with Gasteiger partial charge >= 0.3 is 12.1 Å². The fraction of sp³-hybridized carbons (Fsp3) is 0.444. The predicted molar refractivity (Wildman–Crippen MR) is 89.2 cm³/mol. The molecule has 0 saturated carbocycles. The van der Waals surface area contributed by atoms with Crippen molar-refractivity contribution in [2.45, 2.75) is 31.8 Å². The highest BCUT2D eigenvalue weighted by Gasteiger charge is 2.23. The molecule has 2 rings (SSSR count). The van der Waals surface area contributed by atoms with E-state index in [2.05, 4.69) is 6.58 Å². The molecular weight excluding hydrogens is 310 g/mol. The van der Waals surface area contributed by atoms with Crippen molar-refractivity contribution in [3.05, 3.63) is 42.5 Å². The normalized spacial score (nSPS) is 14.9. The fourth-order valence-corrected chi connectivity index (χ4v) is 2.60. The van der Waals surface area contributed by atoms with Crippen LogP contribution in [0, 0.1) is 0 Å². The third-order valence-corrected chi connectivity index (χ3v) is 3.89. The third kappa shape index (κ3) is 5.61. The van der Waals surface area contributed by atoms with E-state index >= 15 is 0 Å². The summed E-state index contributed by atoms with van der Waals surface area (Å²) in [7, 11) is 0. The lowest BCUT2D eigenvalue weighted by Crippen LogP contribution is -2.41. The zero-order chi connectivity index (χ0) is 17.4. The summed E-state index contributed by atoms with van der Waals surface area (Å²) in [6, 6.07) is 7.64. The Morgan fingerprint density at radius 1 is 1.33 bits per heavy atom. The SMILES string of the molecule is C=CCOC(=O)CCc1cccc(OC2CCN(C(=O)O)CC2)c1. The molecule has 1 saturated heterocycles. The van der Waals surface area contributed by atoms with Gasteiger partial charge in [-0.3, -0.25) is 4.79 Å². The molecule has 1 aliphatic rings. The van der Waals surface area contributed by atoms with Gasteiger partial charge in [0.25, 0.3) is 0 Å². The molecule has 0 radical (unpaired) electrons. The van der Waals surface area contributed by atoms with Crippen LogP contribution in [0.2, 0.25) is 0 Å². The average Bonchev–Trinajstić information content (AvgIpc) is 2.59. The molecule has 0 unspecified atom stereocenters. The van der Waals surface area contributed by atoms with Crippen molar-refractivity contribution in [1.82, 2.24) is 4.90 Å². The topological polar surface area (TPSA) is 76.1 Å². The maximum Gasteiger partial charge on any atom is 0.407 e. The molecule has 1 aromatic carbocycles. The molecule has 0 spiro atoms. The predicted octanol–water partition coefficient (Wildman–Crippen LogP) is 2.87. The average molecular weight is 333 g/mol. The molecule has 0 aromatic heterocycles. The van der Waals surface area contributed by atoms with Crippen LogP contribution in [0.15, 0.2) is 36.9 Å². The van der Waals surface area contributed by atoms with Gasteiger partial charge in [0.05, 0.1) is 0 Å². The van der Waals surface area contributed by atoms with E-state index in [4.69, 9.17) is 14.6 Å². The van der Waals surface area contributed by atoms with Crippen LogP contribution in [0.3, 0.4) is 0 Å². The van der Waals surface area contributed by atoms with Crippen LogP contribution >= 0.6 is 0 Å². The van der Waals surface area contributed by atoms with E-state index in [0.717, 1.165) is 11.3 Å². The summed E-state index contributed by atoms with van der Waals surface area (Å²) in [5, 5.41) is 8.95. The van der Waals surface area contributed by atoms with Gasteiger partial charge in [-0.05, 0) is 24.1 Å². The van der Waals surface area contributed by atoms with Gasteiger partial charge in [-0.2, -0.15) is 0 Å². The van der Waals surface area contributed by atoms with Crippen LogP contribution in [-0.4, -0.2) is 47.9 Å². The lowest BCUT2D eigenvalue weighted by molar-refractivity contribution is -0.142. The molecule has 6 heteroatoms. The lowest BCUT2D eigenvalue weighted by atomic mass is 10.1. The second kappa shape index (κ2) is 8.96. The quantitative estimate of drug-likeness (QED) is 0.613. The van der Waals surface area contributed by atoms with E-state index in [-0.39, 0.29) is 18.7 Å². The first-order valence-corrected chi connectivity index (χ1v) is 8.08. The van der Waals surface area contributed by atoms with Crippen LogP contribution in [0.5, 0.6) is 5.75 Å². The molecule has 24 heavy (non-hydrogen) atoms. The maximum atomic E-state index is 11.5. The number of ether oxygens (including phenoxy) is 2. The molecule has 1 amide bonds. The Bertz CT molecular complexity index is 579. The van der Waals surface area contributed by atoms with Gasteiger partial charge in [-0.25, -0.2) is 4.79 Å². The minimum atomic E-state index is -0.876. The molecule has 0 bridgehead atoms. The Morgan fingerprint density at radius 2 is 2.08 bits per heavy atom. The fourth-order valence-electron chi connectivity index (χ4n) is 2.60. The number of carbonyl (C=O) groups is 2. The summed E-state index contributed by atoms with van der Waals surface area (Å²) in [4.78, 5) is 23.8. The summed E-state index contributed by atoms with van der Waals surface area (Å²) in [6.45, 7) is 4.73. The number of likely N-dealkylation sites (tertiary alicyclic amines) is 1. The van der Waals surface area contributed by atoms with Crippen molar-refractivity contribution < 1.29 is 24.2 Å². The summed E-state index contributed by atoms with van der Waals surface area (Å²) < 4.78 is 10.9. The first-order chi connectivity index (χ1) is 11.6. The lowest BCUT2D eigenvalue weighted by Gasteiger charge is -2.30. The minimum absolute atomic E-state index is 0.0217. The highest BCUT2D eigenvalue weighted by atomic mass is 16.5. The van der Waals surface area contributed by atoms with Gasteiger partial charge in [0.2, 0.25) is 0 Å². The zero-order valence-electron chi connectivity index (χ0n) is 13.6. The molecule has 1 fully saturated rings. The van der Waals surface area contributed by atoms with Crippen molar-refractivity contribution in [1.29, 1.82) is 0 Å². The van der Waals surface area contributed by atoms with E-state index < -0.39 is 6.09 Å². The van der Waals surface area contributed by atoms with Crippen molar-refractivity contribution in [2.24, 2.45) is 0 Å². The Balaban J connectivity index is 1.81. The number of piperidine rings is 1. The number of carboxylic acid groups (broad SMARTS) is 1. The summed E-state index contributed by atoms with van der Waals surface area (Å²) >= 11 is 0. The zero-order valence-corrected chi connectivity index (χ0v) is 13.6. The largest absolute Gasteiger partial charge is 0.490 e. The highest BCUT2D eigenvalue weighted by molar-refractivity contribution is 5.69. The number of aryl methyl sites for hydroxylation is 1. The van der Waals surface area contributed by atoms with Gasteiger partial charge in [0, 0.05) is 32.4 Å². The third-order valence-electron chi connectivity index (χ3n) is 3.89. The summed E-state index contributed by atoms with van der Waals surface area (Å²) in [5.41, 5.74) is 1.01. The Labute approximate surface area is 141 Å². The number of amides is 1. The molecule has 1 aliphatic heterocycles. The molecule has 1 heterocycles. The van der Waals surface area contributed by atoms with Crippen molar-refractivity contribution in [2.75, 3.05) is 19.7 Å². The molecule has 1 aromatic rings. The van der Waals surface area contributed by atoms with Gasteiger partial charge in [0.1, 0.15) is 18.5 Å². The number of hydrogen-bond donors (Lipinski definition) is 1. The Kier molecular flexibility index (Phi) is 6.66. The van der Waals surface area contributed by atoms with E-state index in [0.29, 0.717) is 38.8 Å². The summed E-state index contributed by atoms with van der Waals surface area (Å²) in [6.07, 6.45) is 2.96. The minimum Gasteiger partial charge on any atom is -0.490 e.